The Morgan fingerprint density at radius 2 is 1.43 bits per heavy atom. The molecule has 0 radical (unpaired) electrons. The van der Waals surface area contributed by atoms with Crippen molar-refractivity contribution in [3.63, 3.8) is 0 Å². The van der Waals surface area contributed by atoms with Gasteiger partial charge in [0.2, 0.25) is 0 Å². The molecule has 3 nitrogen and oxygen atoms in total. The molecule has 23 heavy (non-hydrogen) atoms. The number of hydrazone groups is 1. The van der Waals surface area contributed by atoms with E-state index in [1.165, 1.54) is 0 Å². The molecule has 0 atom stereocenters. The average molecular weight is 302 g/mol. The zero-order valence-corrected chi connectivity index (χ0v) is 12.7. The predicted molar refractivity (Wildman–Crippen MR) is 95.5 cm³/mol. The lowest BCUT2D eigenvalue weighted by Gasteiger charge is -2.10. The standard InChI is InChI=1S/C20H18N2O/c23-15-17-9-5-7-13-20(17)19-12-6-4-8-16(19)14-21-22-18-10-2-1-3-11-18/h1-14,22-23H,15H2. The minimum atomic E-state index is 0.0178. The summed E-state index contributed by atoms with van der Waals surface area (Å²) in [5, 5.41) is 13.9. The highest BCUT2D eigenvalue weighted by Gasteiger charge is 2.07. The third kappa shape index (κ3) is 3.65. The number of para-hydroxylation sites is 1. The number of rotatable bonds is 5. The molecule has 0 aromatic heterocycles. The van der Waals surface area contributed by atoms with E-state index in [0.29, 0.717) is 0 Å². The maximum absolute atomic E-state index is 9.55. The molecule has 0 heterocycles. The monoisotopic (exact) mass is 302 g/mol. The van der Waals surface area contributed by atoms with Crippen molar-refractivity contribution in [3.8, 4) is 11.1 Å². The summed E-state index contributed by atoms with van der Waals surface area (Å²) in [5.41, 5.74) is 7.94. The summed E-state index contributed by atoms with van der Waals surface area (Å²) >= 11 is 0. The lowest BCUT2D eigenvalue weighted by molar-refractivity contribution is 0.282. The highest BCUT2D eigenvalue weighted by Crippen LogP contribution is 2.26. The van der Waals surface area contributed by atoms with Crippen LogP contribution in [0.15, 0.2) is 84.0 Å². The van der Waals surface area contributed by atoms with E-state index in [-0.39, 0.29) is 6.61 Å². The Kier molecular flexibility index (Phi) is 4.82. The van der Waals surface area contributed by atoms with Crippen LogP contribution in [0.5, 0.6) is 0 Å². The van der Waals surface area contributed by atoms with E-state index in [1.54, 1.807) is 6.21 Å². The van der Waals surface area contributed by atoms with Crippen LogP contribution in [0.3, 0.4) is 0 Å². The first-order valence-corrected chi connectivity index (χ1v) is 7.51. The average Bonchev–Trinajstić information content (AvgIpc) is 2.63. The molecule has 0 amide bonds. The van der Waals surface area contributed by atoms with Gasteiger partial charge in [0.25, 0.3) is 0 Å². The highest BCUT2D eigenvalue weighted by molar-refractivity contribution is 5.91. The molecule has 3 aromatic carbocycles. The number of aliphatic hydroxyl groups is 1. The molecule has 0 fully saturated rings. The third-order valence-electron chi connectivity index (χ3n) is 3.61. The molecular formula is C20H18N2O. The van der Waals surface area contributed by atoms with Crippen molar-refractivity contribution in [2.75, 3.05) is 5.43 Å². The molecule has 3 aromatic rings. The van der Waals surface area contributed by atoms with Gasteiger partial charge in [0, 0.05) is 5.56 Å². The van der Waals surface area contributed by atoms with Gasteiger partial charge < -0.3 is 5.11 Å². The molecule has 0 aliphatic heterocycles. The second-order valence-electron chi connectivity index (χ2n) is 5.14. The van der Waals surface area contributed by atoms with Crippen LogP contribution in [-0.4, -0.2) is 11.3 Å². The quantitative estimate of drug-likeness (QED) is 0.545. The van der Waals surface area contributed by atoms with Crippen molar-refractivity contribution in [2.24, 2.45) is 5.10 Å². The molecule has 0 aliphatic rings. The van der Waals surface area contributed by atoms with E-state index in [0.717, 1.165) is 27.9 Å². The minimum Gasteiger partial charge on any atom is -0.392 e. The zero-order chi connectivity index (χ0) is 15.9. The summed E-state index contributed by atoms with van der Waals surface area (Å²) in [7, 11) is 0. The van der Waals surface area contributed by atoms with Crippen LogP contribution in [0, 0.1) is 0 Å². The Balaban J connectivity index is 1.89. The van der Waals surface area contributed by atoms with E-state index in [4.69, 9.17) is 0 Å². The predicted octanol–water partition coefficient (Wildman–Crippen LogP) is 4.29. The lowest BCUT2D eigenvalue weighted by atomic mass is 9.96. The first-order chi connectivity index (χ1) is 11.4. The van der Waals surface area contributed by atoms with E-state index >= 15 is 0 Å². The number of hydrogen-bond donors (Lipinski definition) is 2. The number of nitrogens with one attached hydrogen (secondary N) is 1. The second-order valence-corrected chi connectivity index (χ2v) is 5.14. The molecule has 2 N–H and O–H groups in total. The normalized spacial score (nSPS) is 10.8. The number of aliphatic hydroxyl groups excluding tert-OH is 1. The van der Waals surface area contributed by atoms with Crippen LogP contribution in [0.25, 0.3) is 11.1 Å². The molecule has 0 saturated carbocycles. The smallest absolute Gasteiger partial charge is 0.0687 e. The van der Waals surface area contributed by atoms with E-state index in [2.05, 4.69) is 10.5 Å². The maximum atomic E-state index is 9.55. The van der Waals surface area contributed by atoms with Crippen LogP contribution in [0.4, 0.5) is 5.69 Å². The number of anilines is 1. The molecule has 3 rings (SSSR count). The minimum absolute atomic E-state index is 0.0178. The second kappa shape index (κ2) is 7.38. The van der Waals surface area contributed by atoms with Gasteiger partial charge in [-0.3, -0.25) is 5.43 Å². The van der Waals surface area contributed by atoms with Crippen LogP contribution in [0.1, 0.15) is 11.1 Å². The molecule has 3 heteroatoms. The number of benzene rings is 3. The fourth-order valence-electron chi connectivity index (χ4n) is 2.46. The molecule has 0 unspecified atom stereocenters. The largest absolute Gasteiger partial charge is 0.392 e. The van der Waals surface area contributed by atoms with Gasteiger partial charge in [-0.25, -0.2) is 0 Å². The van der Waals surface area contributed by atoms with Crippen LogP contribution in [0.2, 0.25) is 0 Å². The Morgan fingerprint density at radius 3 is 2.22 bits per heavy atom. The van der Waals surface area contributed by atoms with Gasteiger partial charge in [0.05, 0.1) is 18.5 Å². The fraction of sp³-hybridized carbons (Fsp3) is 0.0500. The van der Waals surface area contributed by atoms with Crippen molar-refractivity contribution in [3.05, 3.63) is 90.0 Å². The molecular weight excluding hydrogens is 284 g/mol. The summed E-state index contributed by atoms with van der Waals surface area (Å²) < 4.78 is 0. The summed E-state index contributed by atoms with van der Waals surface area (Å²) in [6, 6.07) is 25.7. The van der Waals surface area contributed by atoms with Crippen molar-refractivity contribution in [1.29, 1.82) is 0 Å². The van der Waals surface area contributed by atoms with Crippen molar-refractivity contribution >= 4 is 11.9 Å². The number of hydrogen-bond acceptors (Lipinski definition) is 3. The van der Waals surface area contributed by atoms with Crippen molar-refractivity contribution in [1.82, 2.24) is 0 Å². The maximum Gasteiger partial charge on any atom is 0.0687 e. The molecule has 0 spiro atoms. The van der Waals surface area contributed by atoms with Crippen molar-refractivity contribution in [2.45, 2.75) is 6.61 Å². The van der Waals surface area contributed by atoms with Crippen LogP contribution >= 0.6 is 0 Å². The Bertz CT molecular complexity index is 798. The van der Waals surface area contributed by atoms with Gasteiger partial charge in [0.15, 0.2) is 0 Å². The highest BCUT2D eigenvalue weighted by atomic mass is 16.3. The lowest BCUT2D eigenvalue weighted by Crippen LogP contribution is -1.95. The van der Waals surface area contributed by atoms with Gasteiger partial charge in [-0.1, -0.05) is 66.7 Å². The van der Waals surface area contributed by atoms with E-state index in [1.807, 2.05) is 78.9 Å². The zero-order valence-electron chi connectivity index (χ0n) is 12.7. The number of nitrogens with zero attached hydrogens (tertiary/aromatic N) is 1. The van der Waals surface area contributed by atoms with Gasteiger partial charge in [-0.05, 0) is 28.8 Å². The molecule has 0 aliphatic carbocycles. The Hall–Kier alpha value is -2.91. The Morgan fingerprint density at radius 1 is 0.783 bits per heavy atom. The summed E-state index contributed by atoms with van der Waals surface area (Å²) in [4.78, 5) is 0. The van der Waals surface area contributed by atoms with Crippen LogP contribution < -0.4 is 5.43 Å². The summed E-state index contributed by atoms with van der Waals surface area (Å²) in [6.45, 7) is 0.0178. The fourth-order valence-corrected chi connectivity index (χ4v) is 2.46. The van der Waals surface area contributed by atoms with Gasteiger partial charge >= 0.3 is 0 Å². The first-order valence-electron chi connectivity index (χ1n) is 7.51. The van der Waals surface area contributed by atoms with E-state index < -0.39 is 0 Å². The van der Waals surface area contributed by atoms with Gasteiger partial charge in [0.1, 0.15) is 0 Å². The first kappa shape index (κ1) is 15.0. The summed E-state index contributed by atoms with van der Waals surface area (Å²) in [5.74, 6) is 0. The van der Waals surface area contributed by atoms with E-state index in [9.17, 15) is 5.11 Å². The van der Waals surface area contributed by atoms with Gasteiger partial charge in [-0.2, -0.15) is 5.10 Å². The topological polar surface area (TPSA) is 44.6 Å². The molecule has 0 bridgehead atoms. The van der Waals surface area contributed by atoms with Crippen molar-refractivity contribution < 1.29 is 5.11 Å². The third-order valence-corrected chi connectivity index (χ3v) is 3.61. The SMILES string of the molecule is OCc1ccccc1-c1ccccc1C=NNc1ccccc1. The Labute approximate surface area is 135 Å². The van der Waals surface area contributed by atoms with Crippen LogP contribution in [-0.2, 0) is 6.61 Å². The molecule has 114 valence electrons. The van der Waals surface area contributed by atoms with Gasteiger partial charge in [-0.15, -0.1) is 0 Å². The summed E-state index contributed by atoms with van der Waals surface area (Å²) in [6.07, 6.45) is 1.80. The molecule has 0 saturated heterocycles.